The third-order valence-electron chi connectivity index (χ3n) is 3.67. The largest absolute Gasteiger partial charge is 0.473 e. The van der Waals surface area contributed by atoms with Crippen LogP contribution in [0.25, 0.3) is 11.5 Å². The van der Waals surface area contributed by atoms with Gasteiger partial charge in [0, 0.05) is 23.4 Å². The molecule has 0 saturated carbocycles. The molecule has 1 unspecified atom stereocenters. The van der Waals surface area contributed by atoms with Gasteiger partial charge in [0.15, 0.2) is 10.9 Å². The number of amides is 1. The number of thiazole rings is 1. The smallest absolute Gasteiger partial charge is 0.259 e. The quantitative estimate of drug-likeness (QED) is 0.730. The average molecular weight is 373 g/mol. The van der Waals surface area contributed by atoms with Crippen molar-refractivity contribution in [2.24, 2.45) is 0 Å². The lowest BCUT2D eigenvalue weighted by molar-refractivity contribution is 0.102. The SMILES string of the molecule is O=C(Nc1nc(-c2ccco2)cs1)c1ccc(OC2CCSC2)nc1. The van der Waals surface area contributed by atoms with Gasteiger partial charge in [-0.25, -0.2) is 9.97 Å². The highest BCUT2D eigenvalue weighted by Crippen LogP contribution is 2.26. The lowest BCUT2D eigenvalue weighted by Crippen LogP contribution is -2.16. The first-order valence-corrected chi connectivity index (χ1v) is 9.82. The highest BCUT2D eigenvalue weighted by molar-refractivity contribution is 7.99. The van der Waals surface area contributed by atoms with E-state index in [2.05, 4.69) is 15.3 Å². The van der Waals surface area contributed by atoms with Gasteiger partial charge in [0.1, 0.15) is 11.8 Å². The van der Waals surface area contributed by atoms with Gasteiger partial charge in [-0.1, -0.05) is 0 Å². The first kappa shape index (κ1) is 16.2. The zero-order chi connectivity index (χ0) is 17.1. The Morgan fingerprint density at radius 3 is 3.04 bits per heavy atom. The number of thioether (sulfide) groups is 1. The van der Waals surface area contributed by atoms with Crippen LogP contribution in [-0.2, 0) is 0 Å². The Labute approximate surface area is 152 Å². The Hall–Kier alpha value is -2.32. The van der Waals surface area contributed by atoms with Crippen LogP contribution in [0.2, 0.25) is 0 Å². The average Bonchev–Trinajstić information content (AvgIpc) is 3.38. The molecule has 1 N–H and O–H groups in total. The zero-order valence-electron chi connectivity index (χ0n) is 13.2. The number of ether oxygens (including phenoxy) is 1. The molecule has 8 heteroatoms. The van der Waals surface area contributed by atoms with Crippen molar-refractivity contribution in [2.45, 2.75) is 12.5 Å². The molecule has 0 radical (unpaired) electrons. The molecule has 1 saturated heterocycles. The number of nitrogens with one attached hydrogen (secondary N) is 1. The van der Waals surface area contributed by atoms with Crippen molar-refractivity contribution < 1.29 is 13.9 Å². The van der Waals surface area contributed by atoms with Crippen LogP contribution in [0.3, 0.4) is 0 Å². The maximum Gasteiger partial charge on any atom is 0.259 e. The van der Waals surface area contributed by atoms with Crippen molar-refractivity contribution in [3.63, 3.8) is 0 Å². The molecule has 1 fully saturated rings. The molecule has 128 valence electrons. The molecule has 1 atom stereocenters. The van der Waals surface area contributed by atoms with Crippen molar-refractivity contribution in [3.8, 4) is 17.3 Å². The van der Waals surface area contributed by atoms with Gasteiger partial charge in [-0.05, 0) is 30.4 Å². The number of hydrogen-bond acceptors (Lipinski definition) is 7. The number of carbonyl (C=O) groups excluding carboxylic acids is 1. The van der Waals surface area contributed by atoms with Crippen LogP contribution in [0.5, 0.6) is 5.88 Å². The molecule has 3 aromatic heterocycles. The summed E-state index contributed by atoms with van der Waals surface area (Å²) in [7, 11) is 0. The summed E-state index contributed by atoms with van der Waals surface area (Å²) in [4.78, 5) is 20.9. The van der Waals surface area contributed by atoms with Crippen LogP contribution in [-0.4, -0.2) is 33.5 Å². The van der Waals surface area contributed by atoms with Crippen LogP contribution >= 0.6 is 23.1 Å². The van der Waals surface area contributed by atoms with Crippen LogP contribution in [0.15, 0.2) is 46.5 Å². The second kappa shape index (κ2) is 7.28. The fourth-order valence-corrected chi connectivity index (χ4v) is 4.19. The van der Waals surface area contributed by atoms with E-state index in [1.807, 2.05) is 23.2 Å². The number of carbonyl (C=O) groups is 1. The van der Waals surface area contributed by atoms with Crippen LogP contribution in [0, 0.1) is 0 Å². The lowest BCUT2D eigenvalue weighted by Gasteiger charge is -2.11. The van der Waals surface area contributed by atoms with Crippen molar-refractivity contribution in [3.05, 3.63) is 47.7 Å². The van der Waals surface area contributed by atoms with Gasteiger partial charge in [0.25, 0.3) is 5.91 Å². The van der Waals surface area contributed by atoms with E-state index in [1.165, 1.54) is 17.5 Å². The number of furan rings is 1. The van der Waals surface area contributed by atoms with Gasteiger partial charge in [-0.3, -0.25) is 10.1 Å². The topological polar surface area (TPSA) is 77.2 Å². The number of pyridine rings is 1. The van der Waals surface area contributed by atoms with Crippen LogP contribution in [0.4, 0.5) is 5.13 Å². The summed E-state index contributed by atoms with van der Waals surface area (Å²) in [6, 6.07) is 7.06. The first-order chi connectivity index (χ1) is 12.3. The fourth-order valence-electron chi connectivity index (χ4n) is 2.40. The Balaban J connectivity index is 1.39. The van der Waals surface area contributed by atoms with Gasteiger partial charge in [-0.15, -0.1) is 11.3 Å². The number of hydrogen-bond donors (Lipinski definition) is 1. The van der Waals surface area contributed by atoms with E-state index >= 15 is 0 Å². The fraction of sp³-hybridized carbons (Fsp3) is 0.235. The highest BCUT2D eigenvalue weighted by Gasteiger charge is 2.18. The molecule has 0 aromatic carbocycles. The van der Waals surface area contributed by atoms with Crippen molar-refractivity contribution in [1.29, 1.82) is 0 Å². The van der Waals surface area contributed by atoms with E-state index in [4.69, 9.17) is 9.15 Å². The molecule has 3 aromatic rings. The molecule has 1 aliphatic rings. The van der Waals surface area contributed by atoms with Gasteiger partial charge in [0.2, 0.25) is 5.88 Å². The Morgan fingerprint density at radius 1 is 1.36 bits per heavy atom. The summed E-state index contributed by atoms with van der Waals surface area (Å²) in [5.74, 6) is 3.09. The molecule has 1 aliphatic heterocycles. The third-order valence-corrected chi connectivity index (χ3v) is 5.56. The van der Waals surface area contributed by atoms with Crippen molar-refractivity contribution in [1.82, 2.24) is 9.97 Å². The lowest BCUT2D eigenvalue weighted by atomic mass is 10.2. The summed E-state index contributed by atoms with van der Waals surface area (Å²) >= 11 is 3.23. The number of nitrogens with zero attached hydrogens (tertiary/aromatic N) is 2. The van der Waals surface area contributed by atoms with Gasteiger partial charge in [-0.2, -0.15) is 11.8 Å². The maximum absolute atomic E-state index is 12.3. The normalized spacial score (nSPS) is 16.7. The third kappa shape index (κ3) is 3.85. The molecule has 4 rings (SSSR count). The maximum atomic E-state index is 12.3. The van der Waals surface area contributed by atoms with Gasteiger partial charge in [0.05, 0.1) is 11.8 Å². The minimum atomic E-state index is -0.254. The van der Waals surface area contributed by atoms with E-state index < -0.39 is 0 Å². The molecule has 1 amide bonds. The second-order valence-electron chi connectivity index (χ2n) is 5.46. The van der Waals surface area contributed by atoms with Crippen molar-refractivity contribution >= 4 is 34.1 Å². The molecule has 4 heterocycles. The molecule has 0 spiro atoms. The minimum absolute atomic E-state index is 0.215. The van der Waals surface area contributed by atoms with Gasteiger partial charge < -0.3 is 9.15 Å². The Morgan fingerprint density at radius 2 is 2.32 bits per heavy atom. The Kier molecular flexibility index (Phi) is 4.71. The van der Waals surface area contributed by atoms with E-state index in [9.17, 15) is 4.79 Å². The standard InChI is InChI=1S/C17H15N3O3S2/c21-16(20-17-19-13(10-25-17)14-2-1-6-22-14)11-3-4-15(18-8-11)23-12-5-7-24-9-12/h1-4,6,8,10,12H,5,7,9H2,(H,19,20,21). The molecular formula is C17H15N3O3S2. The number of rotatable bonds is 5. The van der Waals surface area contributed by atoms with E-state index in [0.29, 0.717) is 28.0 Å². The van der Waals surface area contributed by atoms with E-state index in [1.54, 1.807) is 24.5 Å². The summed E-state index contributed by atoms with van der Waals surface area (Å²) in [5.41, 5.74) is 1.16. The molecule has 6 nitrogen and oxygen atoms in total. The first-order valence-electron chi connectivity index (χ1n) is 7.79. The summed E-state index contributed by atoms with van der Waals surface area (Å²) < 4.78 is 11.1. The molecule has 25 heavy (non-hydrogen) atoms. The molecule has 0 aliphatic carbocycles. The van der Waals surface area contributed by atoms with E-state index in [0.717, 1.165) is 17.9 Å². The predicted molar refractivity (Wildman–Crippen MR) is 98.4 cm³/mol. The van der Waals surface area contributed by atoms with Crippen molar-refractivity contribution in [2.75, 3.05) is 16.8 Å². The van der Waals surface area contributed by atoms with Crippen LogP contribution in [0.1, 0.15) is 16.8 Å². The monoisotopic (exact) mass is 373 g/mol. The number of aromatic nitrogens is 2. The van der Waals surface area contributed by atoms with E-state index in [-0.39, 0.29) is 12.0 Å². The number of anilines is 1. The summed E-state index contributed by atoms with van der Waals surface area (Å²) in [5, 5.41) is 5.13. The van der Waals surface area contributed by atoms with Gasteiger partial charge >= 0.3 is 0 Å². The van der Waals surface area contributed by atoms with Crippen LogP contribution < -0.4 is 10.1 Å². The second-order valence-corrected chi connectivity index (χ2v) is 7.47. The Bertz CT molecular complexity index is 840. The minimum Gasteiger partial charge on any atom is -0.473 e. The summed E-state index contributed by atoms with van der Waals surface area (Å²) in [6.07, 6.45) is 4.37. The molecular weight excluding hydrogens is 358 g/mol. The highest BCUT2D eigenvalue weighted by atomic mass is 32.2. The predicted octanol–water partition coefficient (Wildman–Crippen LogP) is 3.93. The zero-order valence-corrected chi connectivity index (χ0v) is 14.8. The summed E-state index contributed by atoms with van der Waals surface area (Å²) in [6.45, 7) is 0. The molecule has 0 bridgehead atoms.